The van der Waals surface area contributed by atoms with Crippen LogP contribution in [0.5, 0.6) is 0 Å². The zero-order valence-electron chi connectivity index (χ0n) is 13.6. The van der Waals surface area contributed by atoms with Crippen molar-refractivity contribution >= 4 is 34.8 Å². The Morgan fingerprint density at radius 2 is 1.92 bits per heavy atom. The molecule has 0 aliphatic rings. The van der Waals surface area contributed by atoms with E-state index in [0.717, 1.165) is 10.4 Å². The van der Waals surface area contributed by atoms with Gasteiger partial charge in [-0.05, 0) is 29.1 Å². The van der Waals surface area contributed by atoms with Crippen LogP contribution in [0.1, 0.15) is 26.8 Å². The van der Waals surface area contributed by atoms with Gasteiger partial charge in [-0.2, -0.15) is 0 Å². The number of pyridine rings is 1. The molecular formula is C19H15ClN2O3S. The van der Waals surface area contributed by atoms with E-state index in [2.05, 4.69) is 10.3 Å². The van der Waals surface area contributed by atoms with Crippen molar-refractivity contribution in [1.82, 2.24) is 10.3 Å². The first-order valence-corrected chi connectivity index (χ1v) is 9.06. The third-order valence-corrected chi connectivity index (χ3v) is 4.82. The van der Waals surface area contributed by atoms with Gasteiger partial charge in [-0.1, -0.05) is 48.0 Å². The van der Waals surface area contributed by atoms with E-state index >= 15 is 0 Å². The Morgan fingerprint density at radius 1 is 1.12 bits per heavy atom. The minimum atomic E-state index is -0.689. The average molecular weight is 387 g/mol. The van der Waals surface area contributed by atoms with Crippen LogP contribution in [0.25, 0.3) is 0 Å². The number of hydrogen-bond donors (Lipinski definition) is 1. The second kappa shape index (κ2) is 8.60. The van der Waals surface area contributed by atoms with E-state index in [-0.39, 0.29) is 16.8 Å². The van der Waals surface area contributed by atoms with E-state index in [1.807, 2.05) is 47.8 Å². The maximum atomic E-state index is 12.3. The van der Waals surface area contributed by atoms with E-state index < -0.39 is 18.5 Å². The van der Waals surface area contributed by atoms with Crippen molar-refractivity contribution in [2.45, 2.75) is 6.04 Å². The van der Waals surface area contributed by atoms with Gasteiger partial charge in [0.1, 0.15) is 5.15 Å². The molecule has 0 radical (unpaired) electrons. The van der Waals surface area contributed by atoms with Crippen LogP contribution in [0.4, 0.5) is 0 Å². The Hall–Kier alpha value is -2.70. The lowest BCUT2D eigenvalue weighted by atomic mass is 10.1. The van der Waals surface area contributed by atoms with Gasteiger partial charge in [-0.3, -0.25) is 4.79 Å². The van der Waals surface area contributed by atoms with Crippen LogP contribution in [0.3, 0.4) is 0 Å². The molecule has 0 unspecified atom stereocenters. The highest BCUT2D eigenvalue weighted by Crippen LogP contribution is 2.25. The number of esters is 1. The molecule has 2 aromatic heterocycles. The molecule has 0 aliphatic carbocycles. The fraction of sp³-hybridized carbons (Fsp3) is 0.105. The minimum Gasteiger partial charge on any atom is -0.452 e. The first-order chi connectivity index (χ1) is 12.6. The van der Waals surface area contributed by atoms with Crippen LogP contribution in [0, 0.1) is 0 Å². The van der Waals surface area contributed by atoms with Crippen LogP contribution >= 0.6 is 22.9 Å². The molecule has 0 saturated carbocycles. The van der Waals surface area contributed by atoms with Crippen LogP contribution < -0.4 is 5.32 Å². The molecule has 2 heterocycles. The van der Waals surface area contributed by atoms with Crippen molar-refractivity contribution in [3.05, 3.63) is 87.3 Å². The predicted molar refractivity (Wildman–Crippen MR) is 100 cm³/mol. The van der Waals surface area contributed by atoms with E-state index in [1.165, 1.54) is 12.3 Å². The number of aromatic nitrogens is 1. The Morgan fingerprint density at radius 3 is 2.62 bits per heavy atom. The van der Waals surface area contributed by atoms with E-state index in [4.69, 9.17) is 16.3 Å². The Bertz CT molecular complexity index is 885. The molecular weight excluding hydrogens is 372 g/mol. The fourth-order valence-electron chi connectivity index (χ4n) is 2.37. The van der Waals surface area contributed by atoms with Gasteiger partial charge in [0.2, 0.25) is 0 Å². The van der Waals surface area contributed by atoms with Gasteiger partial charge in [0, 0.05) is 11.1 Å². The van der Waals surface area contributed by atoms with Crippen molar-refractivity contribution in [2.75, 3.05) is 6.61 Å². The van der Waals surface area contributed by atoms with Gasteiger partial charge in [0.25, 0.3) is 5.91 Å². The number of halogens is 1. The molecule has 1 atom stereocenters. The summed E-state index contributed by atoms with van der Waals surface area (Å²) in [5.41, 5.74) is 1.07. The van der Waals surface area contributed by atoms with Gasteiger partial charge in [-0.15, -0.1) is 11.3 Å². The smallest absolute Gasteiger partial charge is 0.341 e. The van der Waals surface area contributed by atoms with Gasteiger partial charge in [0.05, 0.1) is 11.6 Å². The van der Waals surface area contributed by atoms with Crippen molar-refractivity contribution in [3.63, 3.8) is 0 Å². The van der Waals surface area contributed by atoms with Crippen LogP contribution in [0.15, 0.2) is 66.2 Å². The van der Waals surface area contributed by atoms with Gasteiger partial charge in [-0.25, -0.2) is 9.78 Å². The summed E-state index contributed by atoms with van der Waals surface area (Å²) in [5.74, 6) is -1.09. The molecule has 0 saturated heterocycles. The third-order valence-electron chi connectivity index (χ3n) is 3.58. The molecule has 1 amide bonds. The first kappa shape index (κ1) is 18.1. The standard InChI is InChI=1S/C19H15ClN2O3S/c20-18-14(8-4-10-21-18)19(24)25-12-16(23)22-17(15-9-5-11-26-15)13-6-2-1-3-7-13/h1-11,17H,12H2,(H,22,23)/t17-/m1/s1. The Kier molecular flexibility index (Phi) is 5.99. The highest BCUT2D eigenvalue weighted by Gasteiger charge is 2.19. The lowest BCUT2D eigenvalue weighted by Crippen LogP contribution is -2.32. The first-order valence-electron chi connectivity index (χ1n) is 7.80. The highest BCUT2D eigenvalue weighted by molar-refractivity contribution is 7.10. The molecule has 3 aromatic rings. The van der Waals surface area contributed by atoms with Crippen molar-refractivity contribution in [1.29, 1.82) is 0 Å². The fourth-order valence-corrected chi connectivity index (χ4v) is 3.37. The molecule has 1 N–H and O–H groups in total. The van der Waals surface area contributed by atoms with E-state index in [1.54, 1.807) is 17.4 Å². The monoisotopic (exact) mass is 386 g/mol. The molecule has 26 heavy (non-hydrogen) atoms. The van der Waals surface area contributed by atoms with Gasteiger partial charge < -0.3 is 10.1 Å². The molecule has 0 bridgehead atoms. The lowest BCUT2D eigenvalue weighted by molar-refractivity contribution is -0.124. The average Bonchev–Trinajstić information content (AvgIpc) is 3.19. The number of rotatable bonds is 6. The topological polar surface area (TPSA) is 68.3 Å². The number of hydrogen-bond acceptors (Lipinski definition) is 5. The zero-order valence-corrected chi connectivity index (χ0v) is 15.2. The van der Waals surface area contributed by atoms with Gasteiger partial charge >= 0.3 is 5.97 Å². The van der Waals surface area contributed by atoms with E-state index in [9.17, 15) is 9.59 Å². The third kappa shape index (κ3) is 4.47. The molecule has 132 valence electrons. The largest absolute Gasteiger partial charge is 0.452 e. The normalized spacial score (nSPS) is 11.6. The van der Waals surface area contributed by atoms with Gasteiger partial charge in [0.15, 0.2) is 6.61 Å². The number of carbonyl (C=O) groups is 2. The second-order valence-electron chi connectivity index (χ2n) is 5.34. The molecule has 0 fully saturated rings. The summed E-state index contributed by atoms with van der Waals surface area (Å²) in [5, 5.41) is 4.89. The number of nitrogens with one attached hydrogen (secondary N) is 1. The van der Waals surface area contributed by atoms with Crippen molar-refractivity contribution in [3.8, 4) is 0 Å². The summed E-state index contributed by atoms with van der Waals surface area (Å²) in [6.07, 6.45) is 1.47. The second-order valence-corrected chi connectivity index (χ2v) is 6.68. The Balaban J connectivity index is 1.65. The highest BCUT2D eigenvalue weighted by atomic mass is 35.5. The molecule has 0 spiro atoms. The minimum absolute atomic E-state index is 0.0404. The lowest BCUT2D eigenvalue weighted by Gasteiger charge is -2.18. The Labute approximate surface area is 159 Å². The quantitative estimate of drug-likeness (QED) is 0.516. The van der Waals surface area contributed by atoms with Crippen LogP contribution in [-0.4, -0.2) is 23.5 Å². The number of nitrogens with zero attached hydrogens (tertiary/aromatic N) is 1. The van der Waals surface area contributed by atoms with Crippen LogP contribution in [-0.2, 0) is 9.53 Å². The number of ether oxygens (including phenoxy) is 1. The SMILES string of the molecule is O=C(COC(=O)c1cccnc1Cl)N[C@H](c1ccccc1)c1cccs1. The molecule has 7 heteroatoms. The molecule has 1 aromatic carbocycles. The number of amides is 1. The maximum Gasteiger partial charge on any atom is 0.341 e. The number of thiophene rings is 1. The van der Waals surface area contributed by atoms with E-state index in [0.29, 0.717) is 0 Å². The summed E-state index contributed by atoms with van der Waals surface area (Å²) in [6.45, 7) is -0.404. The molecule has 5 nitrogen and oxygen atoms in total. The summed E-state index contributed by atoms with van der Waals surface area (Å²) < 4.78 is 5.05. The number of benzene rings is 1. The van der Waals surface area contributed by atoms with Crippen molar-refractivity contribution in [2.24, 2.45) is 0 Å². The molecule has 3 rings (SSSR count). The predicted octanol–water partition coefficient (Wildman–Crippen LogP) is 3.86. The van der Waals surface area contributed by atoms with Crippen molar-refractivity contribution < 1.29 is 14.3 Å². The maximum absolute atomic E-state index is 12.3. The summed E-state index contributed by atoms with van der Waals surface area (Å²) in [4.78, 5) is 29.1. The summed E-state index contributed by atoms with van der Waals surface area (Å²) in [6, 6.07) is 16.2. The number of carbonyl (C=O) groups excluding carboxylic acids is 2. The zero-order chi connectivity index (χ0) is 18.4. The van der Waals surface area contributed by atoms with Crippen LogP contribution in [0.2, 0.25) is 5.15 Å². The summed E-state index contributed by atoms with van der Waals surface area (Å²) in [7, 11) is 0. The summed E-state index contributed by atoms with van der Waals surface area (Å²) >= 11 is 7.40. The molecule has 0 aliphatic heterocycles.